The van der Waals surface area contributed by atoms with E-state index in [4.69, 9.17) is 0 Å². The molecule has 1 saturated heterocycles. The SMILES string of the molecule is CS(=O)(=O)Nc1ccc(C=CC(=O)Nc2ccc(N3CCCCC3)c3ccncc23)cc1. The van der Waals surface area contributed by atoms with E-state index in [0.29, 0.717) is 5.69 Å². The van der Waals surface area contributed by atoms with E-state index in [-0.39, 0.29) is 5.91 Å². The third-order valence-corrected chi connectivity index (χ3v) is 6.00. The topological polar surface area (TPSA) is 91.4 Å². The summed E-state index contributed by atoms with van der Waals surface area (Å²) in [4.78, 5) is 19.2. The molecule has 0 unspecified atom stereocenters. The molecule has 0 spiro atoms. The summed E-state index contributed by atoms with van der Waals surface area (Å²) >= 11 is 0. The molecule has 4 rings (SSSR count). The van der Waals surface area contributed by atoms with Crippen LogP contribution in [0.4, 0.5) is 17.1 Å². The van der Waals surface area contributed by atoms with E-state index < -0.39 is 10.0 Å². The predicted molar refractivity (Wildman–Crippen MR) is 130 cm³/mol. The van der Waals surface area contributed by atoms with Gasteiger partial charge in [0.05, 0.1) is 11.9 Å². The fraction of sp³-hybridized carbons (Fsp3) is 0.250. The zero-order valence-electron chi connectivity index (χ0n) is 17.9. The van der Waals surface area contributed by atoms with Gasteiger partial charge in [-0.3, -0.25) is 14.5 Å². The lowest BCUT2D eigenvalue weighted by atomic mass is 10.1. The van der Waals surface area contributed by atoms with Gasteiger partial charge < -0.3 is 10.2 Å². The van der Waals surface area contributed by atoms with Gasteiger partial charge in [0.25, 0.3) is 0 Å². The summed E-state index contributed by atoms with van der Waals surface area (Å²) in [7, 11) is -3.32. The van der Waals surface area contributed by atoms with E-state index in [2.05, 4.69) is 26.0 Å². The van der Waals surface area contributed by atoms with Crippen molar-refractivity contribution in [1.82, 2.24) is 4.98 Å². The minimum absolute atomic E-state index is 0.251. The van der Waals surface area contributed by atoms with E-state index in [0.717, 1.165) is 41.4 Å². The lowest BCUT2D eigenvalue weighted by Crippen LogP contribution is -2.29. The quantitative estimate of drug-likeness (QED) is 0.548. The van der Waals surface area contributed by atoms with Crippen LogP contribution >= 0.6 is 0 Å². The van der Waals surface area contributed by atoms with Crippen LogP contribution in [0.15, 0.2) is 60.9 Å². The number of nitrogens with zero attached hydrogens (tertiary/aromatic N) is 2. The van der Waals surface area contributed by atoms with E-state index in [1.165, 1.54) is 31.0 Å². The summed E-state index contributed by atoms with van der Waals surface area (Å²) in [5.41, 5.74) is 3.16. The fourth-order valence-corrected chi connectivity index (χ4v) is 4.48. The molecule has 166 valence electrons. The van der Waals surface area contributed by atoms with E-state index >= 15 is 0 Å². The van der Waals surface area contributed by atoms with Crippen LogP contribution in [0.3, 0.4) is 0 Å². The Balaban J connectivity index is 1.49. The van der Waals surface area contributed by atoms with Crippen LogP contribution in [0.2, 0.25) is 0 Å². The Morgan fingerprint density at radius 1 is 1.00 bits per heavy atom. The molecule has 7 nitrogen and oxygen atoms in total. The number of aromatic nitrogens is 1. The first-order valence-corrected chi connectivity index (χ1v) is 12.5. The third kappa shape index (κ3) is 5.45. The van der Waals surface area contributed by atoms with Gasteiger partial charge in [-0.1, -0.05) is 12.1 Å². The summed E-state index contributed by atoms with van der Waals surface area (Å²) in [5.74, 6) is -0.251. The fourth-order valence-electron chi connectivity index (χ4n) is 3.92. The molecule has 0 atom stereocenters. The Morgan fingerprint density at radius 2 is 1.75 bits per heavy atom. The molecule has 1 aliphatic rings. The van der Waals surface area contributed by atoms with Crippen molar-refractivity contribution >= 4 is 49.8 Å². The lowest BCUT2D eigenvalue weighted by molar-refractivity contribution is -0.111. The van der Waals surface area contributed by atoms with Gasteiger partial charge in [0.1, 0.15) is 0 Å². The van der Waals surface area contributed by atoms with E-state index in [1.807, 2.05) is 12.1 Å². The zero-order valence-corrected chi connectivity index (χ0v) is 18.7. The predicted octanol–water partition coefficient (Wildman–Crippen LogP) is 4.25. The third-order valence-electron chi connectivity index (χ3n) is 5.39. The van der Waals surface area contributed by atoms with Crippen LogP contribution in [-0.2, 0) is 14.8 Å². The molecule has 2 heterocycles. The molecule has 1 amide bonds. The second-order valence-electron chi connectivity index (χ2n) is 7.92. The minimum atomic E-state index is -3.32. The highest BCUT2D eigenvalue weighted by Gasteiger charge is 2.15. The average Bonchev–Trinajstić information content (AvgIpc) is 2.78. The normalized spacial score (nSPS) is 14.6. The van der Waals surface area contributed by atoms with Crippen molar-refractivity contribution in [3.05, 3.63) is 66.5 Å². The highest BCUT2D eigenvalue weighted by atomic mass is 32.2. The van der Waals surface area contributed by atoms with E-state index in [9.17, 15) is 13.2 Å². The van der Waals surface area contributed by atoms with Crippen LogP contribution in [0, 0.1) is 0 Å². The van der Waals surface area contributed by atoms with Crippen molar-refractivity contribution in [3.8, 4) is 0 Å². The number of carbonyl (C=O) groups is 1. The second-order valence-corrected chi connectivity index (χ2v) is 9.67. The zero-order chi connectivity index (χ0) is 22.6. The van der Waals surface area contributed by atoms with Gasteiger partial charge in [-0.25, -0.2) is 8.42 Å². The summed E-state index contributed by atoms with van der Waals surface area (Å²) in [5, 5.41) is 4.94. The molecular weight excluding hydrogens is 424 g/mol. The monoisotopic (exact) mass is 450 g/mol. The Labute approximate surface area is 188 Å². The van der Waals surface area contributed by atoms with Gasteiger partial charge in [0, 0.05) is 53.7 Å². The number of pyridine rings is 1. The molecule has 0 aliphatic carbocycles. The van der Waals surface area contributed by atoms with Gasteiger partial charge in [0.15, 0.2) is 0 Å². The molecule has 1 aliphatic heterocycles. The first kappa shape index (κ1) is 21.8. The van der Waals surface area contributed by atoms with Crippen LogP contribution in [0.1, 0.15) is 24.8 Å². The van der Waals surface area contributed by atoms with Gasteiger partial charge in [-0.15, -0.1) is 0 Å². The number of amides is 1. The van der Waals surface area contributed by atoms with Gasteiger partial charge in [0.2, 0.25) is 15.9 Å². The highest BCUT2D eigenvalue weighted by Crippen LogP contribution is 2.33. The Bertz CT molecular complexity index is 1250. The van der Waals surface area contributed by atoms with Crippen LogP contribution < -0.4 is 14.9 Å². The number of hydrogen-bond acceptors (Lipinski definition) is 5. The molecule has 0 saturated carbocycles. The number of sulfonamides is 1. The standard InChI is InChI=1S/C24H26N4O3S/c1-32(30,31)27-19-8-5-18(6-9-19)7-12-24(29)26-22-10-11-23(28-15-3-2-4-16-28)20-13-14-25-17-21(20)22/h5-14,17,27H,2-4,15-16H2,1H3,(H,26,29). The van der Waals surface area contributed by atoms with Crippen LogP contribution in [-0.4, -0.2) is 38.7 Å². The van der Waals surface area contributed by atoms with Crippen molar-refractivity contribution in [2.24, 2.45) is 0 Å². The van der Waals surface area contributed by atoms with Crippen molar-refractivity contribution in [2.75, 3.05) is 34.3 Å². The molecule has 0 radical (unpaired) electrons. The summed E-state index contributed by atoms with van der Waals surface area (Å²) in [6.07, 6.45) is 11.5. The maximum atomic E-state index is 12.6. The van der Waals surface area contributed by atoms with Crippen LogP contribution in [0.5, 0.6) is 0 Å². The van der Waals surface area contributed by atoms with Gasteiger partial charge >= 0.3 is 0 Å². The van der Waals surface area contributed by atoms with Crippen molar-refractivity contribution in [2.45, 2.75) is 19.3 Å². The number of anilines is 3. The number of hydrogen-bond donors (Lipinski definition) is 2. The Morgan fingerprint density at radius 3 is 2.47 bits per heavy atom. The molecule has 8 heteroatoms. The molecule has 0 bridgehead atoms. The molecule has 1 fully saturated rings. The van der Waals surface area contributed by atoms with Crippen molar-refractivity contribution < 1.29 is 13.2 Å². The number of fused-ring (bicyclic) bond motifs is 1. The number of benzene rings is 2. The van der Waals surface area contributed by atoms with Gasteiger partial charge in [-0.05, 0) is 61.2 Å². The van der Waals surface area contributed by atoms with Gasteiger partial charge in [-0.2, -0.15) is 0 Å². The molecule has 1 aromatic heterocycles. The summed E-state index contributed by atoms with van der Waals surface area (Å²) < 4.78 is 25.0. The largest absolute Gasteiger partial charge is 0.371 e. The average molecular weight is 451 g/mol. The maximum Gasteiger partial charge on any atom is 0.248 e. The number of nitrogens with one attached hydrogen (secondary N) is 2. The molecular formula is C24H26N4O3S. The van der Waals surface area contributed by atoms with Crippen LogP contribution in [0.25, 0.3) is 16.8 Å². The molecule has 2 aromatic carbocycles. The number of piperidine rings is 1. The highest BCUT2D eigenvalue weighted by molar-refractivity contribution is 7.92. The Kier molecular flexibility index (Phi) is 6.41. The number of rotatable bonds is 6. The molecule has 2 N–H and O–H groups in total. The van der Waals surface area contributed by atoms with Crippen molar-refractivity contribution in [1.29, 1.82) is 0 Å². The lowest BCUT2D eigenvalue weighted by Gasteiger charge is -2.30. The first-order chi connectivity index (χ1) is 15.4. The molecule has 32 heavy (non-hydrogen) atoms. The summed E-state index contributed by atoms with van der Waals surface area (Å²) in [6, 6.07) is 12.8. The number of carbonyl (C=O) groups excluding carboxylic acids is 1. The Hall–Kier alpha value is -3.39. The minimum Gasteiger partial charge on any atom is -0.371 e. The summed E-state index contributed by atoms with van der Waals surface area (Å²) in [6.45, 7) is 2.09. The molecule has 3 aromatic rings. The smallest absolute Gasteiger partial charge is 0.248 e. The maximum absolute atomic E-state index is 12.6. The second kappa shape index (κ2) is 9.40. The van der Waals surface area contributed by atoms with Crippen molar-refractivity contribution in [3.63, 3.8) is 0 Å². The van der Waals surface area contributed by atoms with E-state index in [1.54, 1.807) is 42.7 Å². The first-order valence-electron chi connectivity index (χ1n) is 10.6.